The average Bonchev–Trinajstić information content (AvgIpc) is 2.53. The molecule has 2 rings (SSSR count). The number of nitrogens with zero attached hydrogens (tertiary/aromatic N) is 4. The van der Waals surface area contributed by atoms with Crippen molar-refractivity contribution in [2.75, 3.05) is 5.43 Å². The molecule has 0 aromatic heterocycles. The number of alkyl halides is 3. The van der Waals surface area contributed by atoms with Gasteiger partial charge in [0.2, 0.25) is 0 Å². The Balaban J connectivity index is 2.16. The molecule has 5 nitrogen and oxygen atoms in total. The maximum absolute atomic E-state index is 12.6. The third-order valence-electron chi connectivity index (χ3n) is 2.69. The fourth-order valence-corrected chi connectivity index (χ4v) is 2.18. The molecule has 10 heteroatoms. The summed E-state index contributed by atoms with van der Waals surface area (Å²) in [5, 5.41) is 20.5. The van der Waals surface area contributed by atoms with Crippen molar-refractivity contribution in [2.24, 2.45) is 15.3 Å². The van der Waals surface area contributed by atoms with Gasteiger partial charge in [0.15, 0.2) is 0 Å². The predicted octanol–water partition coefficient (Wildman–Crippen LogP) is 6.05. The fourth-order valence-electron chi connectivity index (χ4n) is 1.66. The molecule has 0 aliphatic carbocycles. The van der Waals surface area contributed by atoms with Crippen molar-refractivity contribution in [1.82, 2.24) is 0 Å². The molecule has 0 aliphatic heterocycles. The van der Waals surface area contributed by atoms with Gasteiger partial charge in [0, 0.05) is 10.0 Å². The van der Waals surface area contributed by atoms with Crippen LogP contribution in [-0.4, -0.2) is 5.84 Å². The molecule has 0 saturated heterocycles. The van der Waals surface area contributed by atoms with Crippen molar-refractivity contribution in [3.05, 3.63) is 58.1 Å². The van der Waals surface area contributed by atoms with Gasteiger partial charge in [-0.15, -0.1) is 15.3 Å². The molecule has 0 bridgehead atoms. The van der Waals surface area contributed by atoms with Crippen LogP contribution in [0.1, 0.15) is 5.56 Å². The highest BCUT2D eigenvalue weighted by atomic mass is 35.5. The minimum atomic E-state index is -4.49. The Morgan fingerprint density at radius 3 is 2.36 bits per heavy atom. The smallest absolute Gasteiger partial charge is 0.276 e. The van der Waals surface area contributed by atoms with E-state index >= 15 is 0 Å². The van der Waals surface area contributed by atoms with Gasteiger partial charge in [-0.3, -0.25) is 5.43 Å². The summed E-state index contributed by atoms with van der Waals surface area (Å²) in [7, 11) is 0. The molecular formula is C15H8Cl2F3N5. The Kier molecular flexibility index (Phi) is 5.96. The van der Waals surface area contributed by atoms with Crippen molar-refractivity contribution < 1.29 is 13.2 Å². The zero-order valence-corrected chi connectivity index (χ0v) is 13.7. The van der Waals surface area contributed by atoms with Crippen LogP contribution >= 0.6 is 23.2 Å². The standard InChI is InChI=1S/C15H8Cl2F3N5/c16-10-5-11(17)7-13(6-10)23-25-14(8-21)24-22-12-3-1-2-9(4-12)15(18,19)20/h1-7,23H/b24-22+,25-14+. The summed E-state index contributed by atoms with van der Waals surface area (Å²) in [5.41, 5.74) is 1.98. The lowest BCUT2D eigenvalue weighted by Crippen LogP contribution is -2.03. The molecular weight excluding hydrogens is 378 g/mol. The summed E-state index contributed by atoms with van der Waals surface area (Å²) >= 11 is 11.6. The number of amidine groups is 1. The van der Waals surface area contributed by atoms with Gasteiger partial charge in [0.1, 0.15) is 6.07 Å². The van der Waals surface area contributed by atoms with Crippen molar-refractivity contribution in [3.63, 3.8) is 0 Å². The lowest BCUT2D eigenvalue weighted by Gasteiger charge is -2.05. The first-order valence-electron chi connectivity index (χ1n) is 6.57. The Hall–Kier alpha value is -2.63. The molecule has 0 saturated carbocycles. The summed E-state index contributed by atoms with van der Waals surface area (Å²) in [4.78, 5) is 0. The topological polar surface area (TPSA) is 72.9 Å². The molecule has 0 fully saturated rings. The minimum Gasteiger partial charge on any atom is -0.276 e. The highest BCUT2D eigenvalue weighted by molar-refractivity contribution is 6.35. The van der Waals surface area contributed by atoms with E-state index in [0.29, 0.717) is 15.7 Å². The summed E-state index contributed by atoms with van der Waals surface area (Å²) in [6.45, 7) is 0. The zero-order valence-electron chi connectivity index (χ0n) is 12.2. The van der Waals surface area contributed by atoms with Gasteiger partial charge < -0.3 is 0 Å². The molecule has 0 heterocycles. The summed E-state index contributed by atoms with van der Waals surface area (Å²) in [6, 6.07) is 10.4. The number of hydrazone groups is 1. The average molecular weight is 386 g/mol. The van der Waals surface area contributed by atoms with E-state index in [1.54, 1.807) is 6.07 Å². The van der Waals surface area contributed by atoms with Crippen LogP contribution in [0, 0.1) is 11.3 Å². The minimum absolute atomic E-state index is 0.0661. The lowest BCUT2D eigenvalue weighted by molar-refractivity contribution is -0.137. The molecule has 0 amide bonds. The Bertz CT molecular complexity index is 852. The third kappa shape index (κ3) is 5.74. The van der Waals surface area contributed by atoms with E-state index < -0.39 is 17.6 Å². The third-order valence-corrected chi connectivity index (χ3v) is 3.12. The highest BCUT2D eigenvalue weighted by Crippen LogP contribution is 2.31. The van der Waals surface area contributed by atoms with Gasteiger partial charge in [0.05, 0.1) is 16.9 Å². The number of nitriles is 1. The second-order valence-electron chi connectivity index (χ2n) is 4.57. The van der Waals surface area contributed by atoms with Gasteiger partial charge in [-0.25, -0.2) is 0 Å². The highest BCUT2D eigenvalue weighted by Gasteiger charge is 2.30. The number of benzene rings is 2. The van der Waals surface area contributed by atoms with Crippen molar-refractivity contribution in [2.45, 2.75) is 6.18 Å². The monoisotopic (exact) mass is 385 g/mol. The number of rotatable bonds is 3. The predicted molar refractivity (Wildman–Crippen MR) is 89.1 cm³/mol. The molecule has 2 aromatic carbocycles. The Morgan fingerprint density at radius 1 is 1.08 bits per heavy atom. The van der Waals surface area contributed by atoms with Gasteiger partial charge in [-0.1, -0.05) is 29.3 Å². The summed E-state index contributed by atoms with van der Waals surface area (Å²) in [6.07, 6.45) is -4.49. The van der Waals surface area contributed by atoms with Crippen LogP contribution < -0.4 is 5.43 Å². The zero-order chi connectivity index (χ0) is 18.4. The number of anilines is 1. The number of halogens is 5. The second-order valence-corrected chi connectivity index (χ2v) is 5.44. The van der Waals surface area contributed by atoms with Crippen LogP contribution in [0.4, 0.5) is 24.5 Å². The lowest BCUT2D eigenvalue weighted by atomic mass is 10.2. The van der Waals surface area contributed by atoms with E-state index in [1.165, 1.54) is 30.3 Å². The van der Waals surface area contributed by atoms with Crippen LogP contribution in [0.25, 0.3) is 0 Å². The van der Waals surface area contributed by atoms with Crippen LogP contribution in [0.3, 0.4) is 0 Å². The number of hydrogen-bond acceptors (Lipinski definition) is 4. The first-order valence-corrected chi connectivity index (χ1v) is 7.32. The van der Waals surface area contributed by atoms with E-state index in [2.05, 4.69) is 20.8 Å². The normalized spacial score (nSPS) is 12.2. The molecule has 2 aromatic rings. The van der Waals surface area contributed by atoms with Crippen LogP contribution in [0.2, 0.25) is 10.0 Å². The van der Waals surface area contributed by atoms with Crippen molar-refractivity contribution in [3.8, 4) is 6.07 Å². The molecule has 1 N–H and O–H groups in total. The molecule has 0 radical (unpaired) electrons. The molecule has 0 aliphatic rings. The summed E-state index contributed by atoms with van der Waals surface area (Å²) < 4.78 is 37.9. The number of nitrogens with one attached hydrogen (secondary N) is 1. The molecule has 0 spiro atoms. The molecule has 0 unspecified atom stereocenters. The van der Waals surface area contributed by atoms with E-state index in [4.69, 9.17) is 28.5 Å². The number of azo groups is 1. The van der Waals surface area contributed by atoms with Crippen molar-refractivity contribution >= 4 is 40.4 Å². The van der Waals surface area contributed by atoms with E-state index in [1.807, 2.05) is 0 Å². The number of hydrogen-bond donors (Lipinski definition) is 1. The largest absolute Gasteiger partial charge is 0.416 e. The quantitative estimate of drug-likeness (QED) is 0.302. The van der Waals surface area contributed by atoms with Gasteiger partial charge >= 0.3 is 6.18 Å². The first-order chi connectivity index (χ1) is 11.8. The maximum atomic E-state index is 12.6. The van der Waals surface area contributed by atoms with E-state index in [0.717, 1.165) is 12.1 Å². The fraction of sp³-hybridized carbons (Fsp3) is 0.0667. The molecule has 0 atom stereocenters. The maximum Gasteiger partial charge on any atom is 0.416 e. The SMILES string of the molecule is N#CC(/N=N/c1cccc(C(F)(F)F)c1)=N\Nc1cc(Cl)cc(Cl)c1. The molecule has 25 heavy (non-hydrogen) atoms. The molecule has 128 valence electrons. The van der Waals surface area contributed by atoms with E-state index in [9.17, 15) is 13.2 Å². The van der Waals surface area contributed by atoms with Gasteiger partial charge in [0.25, 0.3) is 5.84 Å². The van der Waals surface area contributed by atoms with Crippen LogP contribution in [0.5, 0.6) is 0 Å². The second kappa shape index (κ2) is 7.96. The van der Waals surface area contributed by atoms with Crippen LogP contribution in [0.15, 0.2) is 57.8 Å². The van der Waals surface area contributed by atoms with Gasteiger partial charge in [-0.05, 0) is 36.4 Å². The van der Waals surface area contributed by atoms with Gasteiger partial charge in [-0.2, -0.15) is 18.4 Å². The van der Waals surface area contributed by atoms with E-state index in [-0.39, 0.29) is 5.69 Å². The first kappa shape index (κ1) is 18.7. The Morgan fingerprint density at radius 2 is 1.76 bits per heavy atom. The summed E-state index contributed by atoms with van der Waals surface area (Å²) in [5.74, 6) is -0.395. The van der Waals surface area contributed by atoms with Crippen molar-refractivity contribution in [1.29, 1.82) is 5.26 Å². The Labute approximate surface area is 150 Å². The van der Waals surface area contributed by atoms with Crippen LogP contribution in [-0.2, 0) is 6.18 Å².